The van der Waals surface area contributed by atoms with Crippen LogP contribution in [0, 0.1) is 11.8 Å². The first kappa shape index (κ1) is 18.0. The number of nitrogens with zero attached hydrogens (tertiary/aromatic N) is 1. The van der Waals surface area contributed by atoms with Gasteiger partial charge in [0.15, 0.2) is 0 Å². The largest absolute Gasteiger partial charge is 0.380 e. The summed E-state index contributed by atoms with van der Waals surface area (Å²) in [6.07, 6.45) is 0. The second-order valence-corrected chi connectivity index (χ2v) is 6.60. The quantitative estimate of drug-likeness (QED) is 0.630. The number of rotatable bonds is 6. The summed E-state index contributed by atoms with van der Waals surface area (Å²) in [6, 6.07) is 4.58. The van der Waals surface area contributed by atoms with E-state index in [9.17, 15) is 8.42 Å². The second-order valence-electron chi connectivity index (χ2n) is 4.17. The SMILES string of the molecule is CCOCCN(C)S(=O)(=O)c1ccc(C#CCN)cc1Cl. The minimum atomic E-state index is -3.64. The van der Waals surface area contributed by atoms with Gasteiger partial charge < -0.3 is 10.5 Å². The van der Waals surface area contributed by atoms with Gasteiger partial charge in [-0.3, -0.25) is 0 Å². The minimum Gasteiger partial charge on any atom is -0.380 e. The van der Waals surface area contributed by atoms with E-state index in [-0.39, 0.29) is 23.0 Å². The van der Waals surface area contributed by atoms with Crippen LogP contribution in [-0.2, 0) is 14.8 Å². The highest BCUT2D eigenvalue weighted by Crippen LogP contribution is 2.24. The third-order valence-electron chi connectivity index (χ3n) is 2.71. The third kappa shape index (κ3) is 4.99. The molecule has 0 bridgehead atoms. The summed E-state index contributed by atoms with van der Waals surface area (Å²) in [6.45, 7) is 3.23. The fourth-order valence-electron chi connectivity index (χ4n) is 1.57. The molecule has 5 nitrogen and oxygen atoms in total. The van der Waals surface area contributed by atoms with Crippen molar-refractivity contribution >= 4 is 21.6 Å². The fraction of sp³-hybridized carbons (Fsp3) is 0.429. The van der Waals surface area contributed by atoms with E-state index in [0.717, 1.165) is 0 Å². The minimum absolute atomic E-state index is 0.0569. The van der Waals surface area contributed by atoms with E-state index in [1.165, 1.54) is 23.5 Å². The maximum absolute atomic E-state index is 12.4. The molecule has 0 radical (unpaired) electrons. The zero-order valence-corrected chi connectivity index (χ0v) is 13.7. The predicted molar refractivity (Wildman–Crippen MR) is 83.7 cm³/mol. The van der Waals surface area contributed by atoms with Crippen LogP contribution in [0.15, 0.2) is 23.1 Å². The van der Waals surface area contributed by atoms with Crippen LogP contribution in [0.4, 0.5) is 0 Å². The molecule has 7 heteroatoms. The number of sulfonamides is 1. The lowest BCUT2D eigenvalue weighted by Crippen LogP contribution is -2.30. The number of hydrogen-bond donors (Lipinski definition) is 1. The lowest BCUT2D eigenvalue weighted by molar-refractivity contribution is 0.138. The van der Waals surface area contributed by atoms with Crippen LogP contribution in [-0.4, -0.2) is 46.1 Å². The number of halogens is 1. The van der Waals surface area contributed by atoms with E-state index < -0.39 is 10.0 Å². The summed E-state index contributed by atoms with van der Waals surface area (Å²) < 4.78 is 31.2. The first-order valence-corrected chi connectivity index (χ1v) is 8.27. The zero-order valence-electron chi connectivity index (χ0n) is 12.1. The average Bonchev–Trinajstić information content (AvgIpc) is 2.45. The van der Waals surface area contributed by atoms with Crippen LogP contribution >= 0.6 is 11.6 Å². The Morgan fingerprint density at radius 3 is 2.71 bits per heavy atom. The lowest BCUT2D eigenvalue weighted by atomic mass is 10.2. The van der Waals surface area contributed by atoms with Crippen molar-refractivity contribution in [2.24, 2.45) is 5.73 Å². The Morgan fingerprint density at radius 2 is 2.14 bits per heavy atom. The number of likely N-dealkylation sites (N-methyl/N-ethyl adjacent to an activating group) is 1. The van der Waals surface area contributed by atoms with Gasteiger partial charge in [0.1, 0.15) is 4.90 Å². The Kier molecular flexibility index (Phi) is 7.15. The number of nitrogens with two attached hydrogens (primary N) is 1. The molecule has 0 saturated carbocycles. The molecule has 2 N–H and O–H groups in total. The summed E-state index contributed by atoms with van der Waals surface area (Å²) in [4.78, 5) is 0.0569. The molecule has 0 unspecified atom stereocenters. The molecule has 0 atom stereocenters. The molecule has 0 heterocycles. The predicted octanol–water partition coefficient (Wildman–Crippen LogP) is 1.31. The van der Waals surface area contributed by atoms with Gasteiger partial charge >= 0.3 is 0 Å². The fourth-order valence-corrected chi connectivity index (χ4v) is 3.24. The Hall–Kier alpha value is -1.10. The van der Waals surface area contributed by atoms with Crippen LogP contribution in [0.3, 0.4) is 0 Å². The maximum atomic E-state index is 12.4. The van der Waals surface area contributed by atoms with Crippen molar-refractivity contribution in [3.63, 3.8) is 0 Å². The highest BCUT2D eigenvalue weighted by Gasteiger charge is 2.23. The first-order chi connectivity index (χ1) is 9.93. The van der Waals surface area contributed by atoms with Gasteiger partial charge in [0.2, 0.25) is 10.0 Å². The number of hydrogen-bond acceptors (Lipinski definition) is 4. The van der Waals surface area contributed by atoms with Crippen molar-refractivity contribution in [1.82, 2.24) is 4.31 Å². The monoisotopic (exact) mass is 330 g/mol. The van der Waals surface area contributed by atoms with E-state index >= 15 is 0 Å². The van der Waals surface area contributed by atoms with Gasteiger partial charge in [-0.25, -0.2) is 8.42 Å². The van der Waals surface area contributed by atoms with Crippen molar-refractivity contribution < 1.29 is 13.2 Å². The maximum Gasteiger partial charge on any atom is 0.244 e. The Morgan fingerprint density at radius 1 is 1.43 bits per heavy atom. The first-order valence-electron chi connectivity index (χ1n) is 6.46. The topological polar surface area (TPSA) is 72.6 Å². The highest BCUT2D eigenvalue weighted by molar-refractivity contribution is 7.89. The third-order valence-corrected chi connectivity index (χ3v) is 5.05. The second kappa shape index (κ2) is 8.37. The van der Waals surface area contributed by atoms with Gasteiger partial charge in [-0.2, -0.15) is 4.31 Å². The smallest absolute Gasteiger partial charge is 0.244 e. The molecule has 21 heavy (non-hydrogen) atoms. The molecule has 1 rings (SSSR count). The molecule has 1 aromatic rings. The molecule has 0 fully saturated rings. The molecule has 0 aromatic heterocycles. The molecule has 0 aliphatic rings. The molecule has 0 saturated heterocycles. The van der Waals surface area contributed by atoms with E-state index in [1.54, 1.807) is 6.07 Å². The lowest BCUT2D eigenvalue weighted by Gasteiger charge is -2.17. The van der Waals surface area contributed by atoms with Crippen molar-refractivity contribution in [1.29, 1.82) is 0 Å². The van der Waals surface area contributed by atoms with Crippen LogP contribution in [0.1, 0.15) is 12.5 Å². The summed E-state index contributed by atoms with van der Waals surface area (Å²) in [5.41, 5.74) is 5.92. The highest BCUT2D eigenvalue weighted by atomic mass is 35.5. The van der Waals surface area contributed by atoms with Crippen molar-refractivity contribution in [3.05, 3.63) is 28.8 Å². The normalized spacial score (nSPS) is 11.3. The van der Waals surface area contributed by atoms with Gasteiger partial charge in [-0.05, 0) is 25.1 Å². The van der Waals surface area contributed by atoms with Gasteiger partial charge in [0.05, 0.1) is 18.2 Å². The summed E-state index contributed by atoms with van der Waals surface area (Å²) in [5.74, 6) is 5.50. The summed E-state index contributed by atoms with van der Waals surface area (Å²) in [7, 11) is -2.15. The molecular formula is C14H19ClN2O3S. The van der Waals surface area contributed by atoms with E-state index in [4.69, 9.17) is 22.1 Å². The number of benzene rings is 1. The van der Waals surface area contributed by atoms with Crippen LogP contribution in [0.25, 0.3) is 0 Å². The Labute approximate surface area is 131 Å². The molecule has 0 aliphatic carbocycles. The molecule has 1 aromatic carbocycles. The molecule has 116 valence electrons. The average molecular weight is 331 g/mol. The molecule has 0 spiro atoms. The van der Waals surface area contributed by atoms with Crippen molar-refractivity contribution in [2.75, 3.05) is 33.4 Å². The Balaban J connectivity index is 2.98. The molecular weight excluding hydrogens is 312 g/mol. The van der Waals surface area contributed by atoms with Gasteiger partial charge in [0.25, 0.3) is 0 Å². The van der Waals surface area contributed by atoms with E-state index in [0.29, 0.717) is 18.8 Å². The van der Waals surface area contributed by atoms with Crippen LogP contribution < -0.4 is 5.73 Å². The zero-order chi connectivity index (χ0) is 15.9. The van der Waals surface area contributed by atoms with Gasteiger partial charge in [-0.1, -0.05) is 23.4 Å². The number of ether oxygens (including phenoxy) is 1. The van der Waals surface area contributed by atoms with Crippen molar-refractivity contribution in [3.8, 4) is 11.8 Å². The molecule has 0 aliphatic heterocycles. The van der Waals surface area contributed by atoms with E-state index in [1.807, 2.05) is 6.92 Å². The Bertz CT molecular complexity index is 635. The van der Waals surface area contributed by atoms with Crippen LogP contribution in [0.2, 0.25) is 5.02 Å². The standard InChI is InChI=1S/C14H19ClN2O3S/c1-3-20-10-9-17(2)21(18,19)14-7-6-12(5-4-8-16)11-13(14)15/h6-7,11H,3,8-10,16H2,1-2H3. The van der Waals surface area contributed by atoms with Crippen LogP contribution in [0.5, 0.6) is 0 Å². The van der Waals surface area contributed by atoms with E-state index in [2.05, 4.69) is 11.8 Å². The molecule has 0 amide bonds. The van der Waals surface area contributed by atoms with Gasteiger partial charge in [0, 0.05) is 25.8 Å². The summed E-state index contributed by atoms with van der Waals surface area (Å²) >= 11 is 6.06. The van der Waals surface area contributed by atoms with Gasteiger partial charge in [-0.15, -0.1) is 0 Å². The summed E-state index contributed by atoms with van der Waals surface area (Å²) in [5, 5.41) is 0.141. The van der Waals surface area contributed by atoms with Crippen molar-refractivity contribution in [2.45, 2.75) is 11.8 Å².